The van der Waals surface area contributed by atoms with Crippen LogP contribution in [0.15, 0.2) is 0 Å². The van der Waals surface area contributed by atoms with Crippen molar-refractivity contribution in [2.24, 2.45) is 0 Å². The highest BCUT2D eigenvalue weighted by atomic mass is 16.6. The monoisotopic (exact) mass is 245 g/mol. The number of amides is 1. The van der Waals surface area contributed by atoms with E-state index in [2.05, 4.69) is 4.74 Å². The molecule has 7 nitrogen and oxygen atoms in total. The van der Waals surface area contributed by atoms with Gasteiger partial charge in [0.2, 0.25) is 0 Å². The van der Waals surface area contributed by atoms with Crippen LogP contribution in [0.4, 0.5) is 4.79 Å². The molecule has 0 spiro atoms. The third kappa shape index (κ3) is 3.61. The molecule has 1 N–H and O–H groups in total. The predicted molar refractivity (Wildman–Crippen MR) is 55.1 cm³/mol. The topological polar surface area (TPSA) is 93.1 Å². The lowest BCUT2D eigenvalue weighted by Crippen LogP contribution is -2.38. The van der Waals surface area contributed by atoms with Crippen LogP contribution in [-0.2, 0) is 19.1 Å². The number of rotatable bonds is 5. The van der Waals surface area contributed by atoms with Gasteiger partial charge in [-0.05, 0) is 12.8 Å². The largest absolute Gasteiger partial charge is 0.481 e. The van der Waals surface area contributed by atoms with Gasteiger partial charge in [-0.15, -0.1) is 0 Å². The van der Waals surface area contributed by atoms with E-state index in [4.69, 9.17) is 9.84 Å². The summed E-state index contributed by atoms with van der Waals surface area (Å²) in [6, 6.07) is -0.656. The zero-order valence-corrected chi connectivity index (χ0v) is 9.55. The number of nitrogens with zero attached hydrogens (tertiary/aromatic N) is 1. The van der Waals surface area contributed by atoms with Gasteiger partial charge in [0.25, 0.3) is 0 Å². The molecule has 1 unspecified atom stereocenters. The predicted octanol–water partition coefficient (Wildman–Crippen LogP) is 0.583. The van der Waals surface area contributed by atoms with E-state index in [0.29, 0.717) is 19.3 Å². The van der Waals surface area contributed by atoms with Crippen molar-refractivity contribution >= 4 is 18.0 Å². The summed E-state index contributed by atoms with van der Waals surface area (Å²) >= 11 is 0. The number of cyclic esters (lactones) is 1. The van der Waals surface area contributed by atoms with Crippen molar-refractivity contribution < 1.29 is 29.0 Å². The minimum atomic E-state index is -0.871. The summed E-state index contributed by atoms with van der Waals surface area (Å²) in [4.78, 5) is 34.1. The van der Waals surface area contributed by atoms with Crippen molar-refractivity contribution in [2.75, 3.05) is 13.8 Å². The van der Waals surface area contributed by atoms with Crippen LogP contribution < -0.4 is 0 Å². The van der Waals surface area contributed by atoms with Gasteiger partial charge in [-0.1, -0.05) is 6.42 Å². The average molecular weight is 245 g/mol. The Morgan fingerprint density at radius 2 is 2.24 bits per heavy atom. The van der Waals surface area contributed by atoms with Crippen LogP contribution in [0.3, 0.4) is 0 Å². The van der Waals surface area contributed by atoms with Crippen LogP contribution in [0.5, 0.6) is 0 Å². The molecule has 7 heteroatoms. The summed E-state index contributed by atoms with van der Waals surface area (Å²) in [5, 5.41) is 8.46. The van der Waals surface area contributed by atoms with E-state index in [1.54, 1.807) is 0 Å². The summed E-state index contributed by atoms with van der Waals surface area (Å²) < 4.78 is 9.27. The van der Waals surface area contributed by atoms with Crippen LogP contribution in [0.25, 0.3) is 0 Å². The molecule has 0 aliphatic carbocycles. The first-order chi connectivity index (χ1) is 8.06. The Morgan fingerprint density at radius 3 is 2.82 bits per heavy atom. The Labute approximate surface area is 98.3 Å². The molecule has 1 heterocycles. The molecule has 1 amide bonds. The van der Waals surface area contributed by atoms with E-state index in [9.17, 15) is 14.4 Å². The van der Waals surface area contributed by atoms with Gasteiger partial charge >= 0.3 is 18.0 Å². The van der Waals surface area contributed by atoms with Crippen molar-refractivity contribution in [1.82, 2.24) is 4.90 Å². The Morgan fingerprint density at radius 1 is 1.53 bits per heavy atom. The maximum atomic E-state index is 11.3. The highest BCUT2D eigenvalue weighted by molar-refractivity contribution is 5.83. The fourth-order valence-corrected chi connectivity index (χ4v) is 1.63. The minimum absolute atomic E-state index is 0.0555. The lowest BCUT2D eigenvalue weighted by atomic mass is 10.1. The van der Waals surface area contributed by atoms with Crippen molar-refractivity contribution in [3.8, 4) is 0 Å². The molecule has 0 radical (unpaired) electrons. The molecule has 1 fully saturated rings. The summed E-state index contributed by atoms with van der Waals surface area (Å²) in [5.41, 5.74) is 0. The molecule has 0 aromatic carbocycles. The second kappa shape index (κ2) is 6.07. The molecule has 1 aliphatic heterocycles. The summed E-state index contributed by atoms with van der Waals surface area (Å²) in [5.74, 6) is -1.34. The molecule has 1 rings (SSSR count). The zero-order chi connectivity index (χ0) is 12.8. The number of carboxylic acids is 1. The fraction of sp³-hybridized carbons (Fsp3) is 0.700. The number of ether oxygens (including phenoxy) is 2. The van der Waals surface area contributed by atoms with E-state index < -0.39 is 24.1 Å². The molecule has 1 aliphatic rings. The smallest absolute Gasteiger partial charge is 0.412 e. The van der Waals surface area contributed by atoms with Crippen LogP contribution in [0.1, 0.15) is 25.7 Å². The van der Waals surface area contributed by atoms with Gasteiger partial charge < -0.3 is 14.6 Å². The lowest BCUT2D eigenvalue weighted by molar-refractivity contribution is -0.139. The van der Waals surface area contributed by atoms with Gasteiger partial charge in [0.05, 0.1) is 7.11 Å². The first-order valence-corrected chi connectivity index (χ1v) is 5.29. The molecular formula is C10H15NO6. The summed E-state index contributed by atoms with van der Waals surface area (Å²) in [6.07, 6.45) is 0.841. The molecule has 0 aromatic rings. The number of methoxy groups -OCH3 is 1. The minimum Gasteiger partial charge on any atom is -0.481 e. The molecule has 1 atom stereocenters. The lowest BCUT2D eigenvalue weighted by Gasteiger charge is -2.18. The number of aliphatic carboxylic acids is 1. The molecule has 0 saturated carbocycles. The quantitative estimate of drug-likeness (QED) is 0.562. The second-order valence-electron chi connectivity index (χ2n) is 3.69. The number of carbonyl (C=O) groups is 3. The SMILES string of the molecule is COC(=O)N1COC(=O)C1CCCCC(=O)O. The van der Waals surface area contributed by atoms with Crippen LogP contribution in [0, 0.1) is 0 Å². The van der Waals surface area contributed by atoms with Gasteiger partial charge in [0.15, 0.2) is 6.73 Å². The molecule has 17 heavy (non-hydrogen) atoms. The van der Waals surface area contributed by atoms with Gasteiger partial charge in [-0.25, -0.2) is 9.59 Å². The second-order valence-corrected chi connectivity index (χ2v) is 3.69. The summed E-state index contributed by atoms with van der Waals surface area (Å²) in [7, 11) is 1.23. The van der Waals surface area contributed by atoms with Crippen molar-refractivity contribution in [3.63, 3.8) is 0 Å². The standard InChI is InChI=1S/C10H15NO6/c1-16-10(15)11-6-17-9(14)7(11)4-2-3-5-8(12)13/h7H,2-6H2,1H3,(H,12,13). The van der Waals surface area contributed by atoms with E-state index >= 15 is 0 Å². The molecule has 0 aromatic heterocycles. The maximum Gasteiger partial charge on any atom is 0.412 e. The van der Waals surface area contributed by atoms with Crippen LogP contribution in [-0.4, -0.2) is 47.9 Å². The van der Waals surface area contributed by atoms with E-state index in [-0.39, 0.29) is 13.2 Å². The Kier molecular flexibility index (Phi) is 4.74. The Bertz CT molecular complexity index is 316. The average Bonchev–Trinajstić information content (AvgIpc) is 2.65. The third-order valence-electron chi connectivity index (χ3n) is 2.52. The van der Waals surface area contributed by atoms with Gasteiger partial charge in [0.1, 0.15) is 6.04 Å². The van der Waals surface area contributed by atoms with Gasteiger partial charge in [-0.3, -0.25) is 9.69 Å². The third-order valence-corrected chi connectivity index (χ3v) is 2.52. The van der Waals surface area contributed by atoms with E-state index in [0.717, 1.165) is 0 Å². The summed E-state index contributed by atoms with van der Waals surface area (Å²) in [6.45, 7) is -0.102. The number of unbranched alkanes of at least 4 members (excludes halogenated alkanes) is 1. The fourth-order valence-electron chi connectivity index (χ4n) is 1.63. The van der Waals surface area contributed by atoms with Crippen molar-refractivity contribution in [1.29, 1.82) is 0 Å². The first kappa shape index (κ1) is 13.3. The van der Waals surface area contributed by atoms with E-state index in [1.807, 2.05) is 0 Å². The molecule has 1 saturated heterocycles. The van der Waals surface area contributed by atoms with Crippen molar-refractivity contribution in [3.05, 3.63) is 0 Å². The first-order valence-electron chi connectivity index (χ1n) is 5.29. The van der Waals surface area contributed by atoms with Crippen LogP contribution in [0.2, 0.25) is 0 Å². The van der Waals surface area contributed by atoms with E-state index in [1.165, 1.54) is 12.0 Å². The highest BCUT2D eigenvalue weighted by Gasteiger charge is 2.37. The number of carboxylic acid groups (broad SMARTS) is 1. The number of hydrogen-bond acceptors (Lipinski definition) is 5. The Balaban J connectivity index is 2.40. The number of hydrogen-bond donors (Lipinski definition) is 1. The normalized spacial score (nSPS) is 19.0. The zero-order valence-electron chi connectivity index (χ0n) is 9.55. The van der Waals surface area contributed by atoms with Crippen molar-refractivity contribution in [2.45, 2.75) is 31.7 Å². The Hall–Kier alpha value is -1.79. The molecular weight excluding hydrogens is 230 g/mol. The number of esters is 1. The molecule has 0 bridgehead atoms. The van der Waals surface area contributed by atoms with Crippen LogP contribution >= 0.6 is 0 Å². The number of carbonyl (C=O) groups excluding carboxylic acids is 2. The van der Waals surface area contributed by atoms with Gasteiger partial charge in [0, 0.05) is 6.42 Å². The van der Waals surface area contributed by atoms with Gasteiger partial charge in [-0.2, -0.15) is 0 Å². The maximum absolute atomic E-state index is 11.3. The highest BCUT2D eigenvalue weighted by Crippen LogP contribution is 2.18. The molecule has 96 valence electrons.